The van der Waals surface area contributed by atoms with Crippen molar-refractivity contribution >= 4 is 10.0 Å². The molecule has 2 rings (SSSR count). The van der Waals surface area contributed by atoms with Gasteiger partial charge in [0.1, 0.15) is 10.6 Å². The van der Waals surface area contributed by atoms with Crippen LogP contribution >= 0.6 is 0 Å². The van der Waals surface area contributed by atoms with E-state index in [0.717, 1.165) is 44.2 Å². The standard InChI is InChI=1S/C14H18F3NO3S/c15-14(16,17)21-12-8-4-5-9-13(12)22(19,20)18-10-11-6-2-1-3-7-11/h4-5,8-9,11,18H,1-3,6-7,10H2. The summed E-state index contributed by atoms with van der Waals surface area (Å²) in [6.45, 7) is 0.239. The largest absolute Gasteiger partial charge is 0.573 e. The minimum atomic E-state index is -4.94. The molecule has 1 aliphatic carbocycles. The second kappa shape index (κ2) is 6.87. The number of hydrogen-bond donors (Lipinski definition) is 1. The Bertz CT molecular complexity index is 596. The molecule has 1 aromatic rings. The molecule has 8 heteroatoms. The van der Waals surface area contributed by atoms with Crippen LogP contribution in [0.25, 0.3) is 0 Å². The van der Waals surface area contributed by atoms with Crippen LogP contribution in [0.2, 0.25) is 0 Å². The lowest BCUT2D eigenvalue weighted by molar-refractivity contribution is -0.275. The summed E-state index contributed by atoms with van der Waals surface area (Å²) in [6.07, 6.45) is 0.188. The maximum absolute atomic E-state index is 12.3. The van der Waals surface area contributed by atoms with Gasteiger partial charge in [-0.2, -0.15) is 0 Å². The van der Waals surface area contributed by atoms with Gasteiger partial charge in [0.15, 0.2) is 0 Å². The molecule has 1 aromatic carbocycles. The van der Waals surface area contributed by atoms with E-state index >= 15 is 0 Å². The van der Waals surface area contributed by atoms with E-state index in [9.17, 15) is 21.6 Å². The normalized spacial score (nSPS) is 17.4. The number of benzene rings is 1. The zero-order valence-electron chi connectivity index (χ0n) is 11.9. The highest BCUT2D eigenvalue weighted by Gasteiger charge is 2.34. The molecule has 0 radical (unpaired) electrons. The lowest BCUT2D eigenvalue weighted by atomic mass is 9.90. The third-order valence-electron chi connectivity index (χ3n) is 3.65. The van der Waals surface area contributed by atoms with Gasteiger partial charge in [-0.1, -0.05) is 31.4 Å². The third kappa shape index (κ3) is 4.88. The van der Waals surface area contributed by atoms with Crippen molar-refractivity contribution in [3.05, 3.63) is 24.3 Å². The maximum Gasteiger partial charge on any atom is 0.573 e. The fourth-order valence-corrected chi connectivity index (χ4v) is 3.82. The lowest BCUT2D eigenvalue weighted by Gasteiger charge is -2.22. The summed E-state index contributed by atoms with van der Waals surface area (Å²) < 4.78 is 67.7. The van der Waals surface area contributed by atoms with Crippen molar-refractivity contribution in [2.24, 2.45) is 5.92 Å². The molecule has 1 fully saturated rings. The number of nitrogens with one attached hydrogen (secondary N) is 1. The summed E-state index contributed by atoms with van der Waals surface area (Å²) in [4.78, 5) is -0.497. The molecule has 4 nitrogen and oxygen atoms in total. The van der Waals surface area contributed by atoms with Crippen LogP contribution in [0, 0.1) is 5.92 Å². The molecule has 1 aliphatic rings. The predicted octanol–water partition coefficient (Wildman–Crippen LogP) is 3.44. The molecule has 0 aromatic heterocycles. The molecule has 0 saturated heterocycles. The summed E-state index contributed by atoms with van der Waals surface area (Å²) in [6, 6.07) is 4.74. The van der Waals surface area contributed by atoms with Crippen LogP contribution in [0.1, 0.15) is 32.1 Å². The van der Waals surface area contributed by atoms with Crippen molar-refractivity contribution in [3.8, 4) is 5.75 Å². The molecule has 22 heavy (non-hydrogen) atoms. The van der Waals surface area contributed by atoms with Crippen LogP contribution in [0.4, 0.5) is 13.2 Å². The van der Waals surface area contributed by atoms with Gasteiger partial charge in [0.05, 0.1) is 0 Å². The molecule has 0 bridgehead atoms. The summed E-state index contributed by atoms with van der Waals surface area (Å²) in [5, 5.41) is 0. The van der Waals surface area contributed by atoms with Crippen molar-refractivity contribution in [2.75, 3.05) is 6.54 Å². The summed E-state index contributed by atoms with van der Waals surface area (Å²) >= 11 is 0. The second-order valence-electron chi connectivity index (χ2n) is 5.35. The second-order valence-corrected chi connectivity index (χ2v) is 7.09. The number of para-hydroxylation sites is 1. The summed E-state index contributed by atoms with van der Waals surface area (Å²) in [5.74, 6) is -0.481. The minimum Gasteiger partial charge on any atom is -0.404 e. The monoisotopic (exact) mass is 337 g/mol. The molecule has 0 aliphatic heterocycles. The highest BCUT2D eigenvalue weighted by Crippen LogP contribution is 2.29. The highest BCUT2D eigenvalue weighted by atomic mass is 32.2. The molecular weight excluding hydrogens is 319 g/mol. The van der Waals surface area contributed by atoms with Gasteiger partial charge in [-0.3, -0.25) is 0 Å². The van der Waals surface area contributed by atoms with Crippen LogP contribution in [-0.4, -0.2) is 21.3 Å². The van der Waals surface area contributed by atoms with Crippen molar-refractivity contribution in [1.82, 2.24) is 4.72 Å². The van der Waals surface area contributed by atoms with Gasteiger partial charge in [-0.25, -0.2) is 13.1 Å². The Balaban J connectivity index is 2.11. The fourth-order valence-electron chi connectivity index (χ4n) is 2.58. The van der Waals surface area contributed by atoms with Crippen LogP contribution in [0.3, 0.4) is 0 Å². The summed E-state index contributed by atoms with van der Waals surface area (Å²) in [7, 11) is -4.04. The van der Waals surface area contributed by atoms with E-state index in [1.165, 1.54) is 12.1 Å². The Morgan fingerprint density at radius 3 is 2.41 bits per heavy atom. The van der Waals surface area contributed by atoms with Crippen LogP contribution < -0.4 is 9.46 Å². The number of alkyl halides is 3. The minimum absolute atomic E-state index is 0.235. The SMILES string of the molecule is O=S(=O)(NCC1CCCCC1)c1ccccc1OC(F)(F)F. The molecule has 0 spiro atoms. The molecule has 1 saturated carbocycles. The number of rotatable bonds is 5. The van der Waals surface area contributed by atoms with Crippen molar-refractivity contribution in [1.29, 1.82) is 0 Å². The zero-order valence-corrected chi connectivity index (χ0v) is 12.7. The molecule has 0 unspecified atom stereocenters. The Hall–Kier alpha value is -1.28. The first-order valence-electron chi connectivity index (χ1n) is 7.12. The molecule has 1 N–H and O–H groups in total. The predicted molar refractivity (Wildman–Crippen MR) is 74.9 cm³/mol. The first kappa shape index (κ1) is 17.1. The molecule has 0 atom stereocenters. The van der Waals surface area contributed by atoms with E-state index in [2.05, 4.69) is 9.46 Å². The van der Waals surface area contributed by atoms with Crippen molar-refractivity contribution in [2.45, 2.75) is 43.4 Å². The number of hydrogen-bond acceptors (Lipinski definition) is 3. The molecule has 0 amide bonds. The van der Waals surface area contributed by atoms with Crippen molar-refractivity contribution < 1.29 is 26.3 Å². The van der Waals surface area contributed by atoms with Gasteiger partial charge in [0, 0.05) is 6.54 Å². The lowest BCUT2D eigenvalue weighted by Crippen LogP contribution is -2.31. The van der Waals surface area contributed by atoms with Crippen LogP contribution in [0.15, 0.2) is 29.2 Å². The topological polar surface area (TPSA) is 55.4 Å². The van der Waals surface area contributed by atoms with Gasteiger partial charge < -0.3 is 4.74 Å². The van der Waals surface area contributed by atoms with E-state index in [4.69, 9.17) is 0 Å². The number of halogens is 3. The maximum atomic E-state index is 12.3. The summed E-state index contributed by atoms with van der Waals surface area (Å²) in [5.41, 5.74) is 0. The average Bonchev–Trinajstić information content (AvgIpc) is 2.45. The Kier molecular flexibility index (Phi) is 5.33. The third-order valence-corrected chi connectivity index (χ3v) is 5.11. The van der Waals surface area contributed by atoms with Crippen LogP contribution in [-0.2, 0) is 10.0 Å². The highest BCUT2D eigenvalue weighted by molar-refractivity contribution is 7.89. The Labute approximate surface area is 127 Å². The first-order valence-corrected chi connectivity index (χ1v) is 8.61. The zero-order chi connectivity index (χ0) is 16.2. The van der Waals surface area contributed by atoms with Gasteiger partial charge in [-0.05, 0) is 30.9 Å². The smallest absolute Gasteiger partial charge is 0.404 e. The van der Waals surface area contributed by atoms with Gasteiger partial charge in [-0.15, -0.1) is 13.2 Å². The number of sulfonamides is 1. The fraction of sp³-hybridized carbons (Fsp3) is 0.571. The van der Waals surface area contributed by atoms with Gasteiger partial charge >= 0.3 is 6.36 Å². The van der Waals surface area contributed by atoms with E-state index in [1.807, 2.05) is 0 Å². The molecule has 124 valence electrons. The van der Waals surface area contributed by atoms with Gasteiger partial charge in [0.25, 0.3) is 0 Å². The first-order chi connectivity index (χ1) is 10.3. The van der Waals surface area contributed by atoms with Crippen molar-refractivity contribution in [3.63, 3.8) is 0 Å². The van der Waals surface area contributed by atoms with E-state index in [1.54, 1.807) is 0 Å². The van der Waals surface area contributed by atoms with E-state index < -0.39 is 27.0 Å². The van der Waals surface area contributed by atoms with Crippen LogP contribution in [0.5, 0.6) is 5.75 Å². The molecular formula is C14H18F3NO3S. The number of ether oxygens (including phenoxy) is 1. The Morgan fingerprint density at radius 2 is 1.77 bits per heavy atom. The Morgan fingerprint density at radius 1 is 1.14 bits per heavy atom. The van der Waals surface area contributed by atoms with E-state index in [-0.39, 0.29) is 12.5 Å². The van der Waals surface area contributed by atoms with Gasteiger partial charge in [0.2, 0.25) is 10.0 Å². The molecule has 0 heterocycles. The van der Waals surface area contributed by atoms with E-state index in [0.29, 0.717) is 0 Å². The quantitative estimate of drug-likeness (QED) is 0.895. The average molecular weight is 337 g/mol.